The first kappa shape index (κ1) is 18.7. The van der Waals surface area contributed by atoms with E-state index in [1.54, 1.807) is 19.4 Å². The van der Waals surface area contributed by atoms with Crippen LogP contribution in [0.15, 0.2) is 59.2 Å². The number of likely N-dealkylation sites (tertiary alicyclic amines) is 1. The van der Waals surface area contributed by atoms with E-state index in [1.807, 2.05) is 47.4 Å². The maximum Gasteiger partial charge on any atom is 0.255 e. The molecule has 0 radical (unpaired) electrons. The first-order chi connectivity index (χ1) is 13.7. The minimum absolute atomic E-state index is 0.0102. The molecule has 4 rings (SSSR count). The van der Waals surface area contributed by atoms with Gasteiger partial charge in [0.05, 0.1) is 12.7 Å². The lowest BCUT2D eigenvalue weighted by Gasteiger charge is -2.32. The number of methoxy groups -OCH3 is 1. The van der Waals surface area contributed by atoms with Crippen molar-refractivity contribution in [2.24, 2.45) is 0 Å². The zero-order valence-corrected chi connectivity index (χ0v) is 17.2. The molecule has 0 atom stereocenters. The Morgan fingerprint density at radius 2 is 1.93 bits per heavy atom. The molecule has 0 unspecified atom stereocenters. The minimum Gasteiger partial charge on any atom is -0.497 e. The molecule has 3 aromatic rings. The van der Waals surface area contributed by atoms with Crippen LogP contribution in [0.3, 0.4) is 0 Å². The lowest BCUT2D eigenvalue weighted by atomic mass is 10.1. The van der Waals surface area contributed by atoms with Gasteiger partial charge in [0.1, 0.15) is 23.1 Å². The maximum absolute atomic E-state index is 12.9. The zero-order valence-electron chi connectivity index (χ0n) is 15.6. The smallest absolute Gasteiger partial charge is 0.255 e. The van der Waals surface area contributed by atoms with E-state index >= 15 is 0 Å². The molecule has 0 saturated carbocycles. The van der Waals surface area contributed by atoms with Gasteiger partial charge in [-0.2, -0.15) is 0 Å². The van der Waals surface area contributed by atoms with E-state index in [0.29, 0.717) is 24.4 Å². The zero-order chi connectivity index (χ0) is 19.5. The average molecular weight is 441 g/mol. The van der Waals surface area contributed by atoms with Gasteiger partial charge in [0, 0.05) is 42.0 Å². The van der Waals surface area contributed by atoms with Gasteiger partial charge in [-0.15, -0.1) is 0 Å². The summed E-state index contributed by atoms with van der Waals surface area (Å²) < 4.78 is 12.3. The Balaban J connectivity index is 1.43. The van der Waals surface area contributed by atoms with E-state index < -0.39 is 0 Å². The molecular formula is C22H21BrN2O3. The third-order valence-electron chi connectivity index (χ3n) is 5.02. The Bertz CT molecular complexity index is 995. The van der Waals surface area contributed by atoms with Gasteiger partial charge in [-0.1, -0.05) is 18.2 Å². The lowest BCUT2D eigenvalue weighted by molar-refractivity contribution is 0.0596. The highest BCUT2D eigenvalue weighted by atomic mass is 79.9. The lowest BCUT2D eigenvalue weighted by Crippen LogP contribution is -2.41. The summed E-state index contributed by atoms with van der Waals surface area (Å²) in [6.07, 6.45) is 3.43. The average Bonchev–Trinajstić information content (AvgIpc) is 2.74. The van der Waals surface area contributed by atoms with Gasteiger partial charge >= 0.3 is 0 Å². The number of pyridine rings is 1. The number of benzene rings is 2. The van der Waals surface area contributed by atoms with Gasteiger partial charge in [0.25, 0.3) is 5.91 Å². The van der Waals surface area contributed by atoms with E-state index in [4.69, 9.17) is 9.47 Å². The van der Waals surface area contributed by atoms with Crippen molar-refractivity contribution >= 4 is 32.7 Å². The fourth-order valence-electron chi connectivity index (χ4n) is 3.49. The van der Waals surface area contributed by atoms with E-state index in [2.05, 4.69) is 20.9 Å². The van der Waals surface area contributed by atoms with Crippen molar-refractivity contribution in [3.63, 3.8) is 0 Å². The number of fused-ring (bicyclic) bond motifs is 1. The van der Waals surface area contributed by atoms with Crippen LogP contribution in [-0.4, -0.2) is 42.1 Å². The van der Waals surface area contributed by atoms with E-state index in [0.717, 1.165) is 34.0 Å². The van der Waals surface area contributed by atoms with Crippen molar-refractivity contribution in [2.75, 3.05) is 20.2 Å². The van der Waals surface area contributed by atoms with Crippen molar-refractivity contribution < 1.29 is 14.3 Å². The number of aromatic nitrogens is 1. The Hall–Kier alpha value is -2.60. The molecule has 1 saturated heterocycles. The number of hydrogen-bond donors (Lipinski definition) is 0. The molecular weight excluding hydrogens is 420 g/mol. The highest BCUT2D eigenvalue weighted by molar-refractivity contribution is 9.10. The number of nitrogens with zero attached hydrogens (tertiary/aromatic N) is 2. The molecule has 1 aliphatic rings. The Morgan fingerprint density at radius 3 is 2.71 bits per heavy atom. The second kappa shape index (κ2) is 8.19. The molecule has 6 heteroatoms. The van der Waals surface area contributed by atoms with Crippen LogP contribution < -0.4 is 9.47 Å². The van der Waals surface area contributed by atoms with Crippen LogP contribution in [0.2, 0.25) is 0 Å². The third kappa shape index (κ3) is 3.83. The fraction of sp³-hybridized carbons (Fsp3) is 0.273. The molecule has 5 nitrogen and oxygen atoms in total. The van der Waals surface area contributed by atoms with Gasteiger partial charge < -0.3 is 14.4 Å². The first-order valence-corrected chi connectivity index (χ1v) is 10.1. The van der Waals surface area contributed by atoms with Crippen LogP contribution in [0.1, 0.15) is 23.2 Å². The molecule has 0 N–H and O–H groups in total. The molecule has 0 spiro atoms. The predicted molar refractivity (Wildman–Crippen MR) is 112 cm³/mol. The largest absolute Gasteiger partial charge is 0.497 e. The molecule has 1 amide bonds. The number of carbonyl (C=O) groups is 1. The summed E-state index contributed by atoms with van der Waals surface area (Å²) in [6.45, 7) is 1.32. The second-order valence-electron chi connectivity index (χ2n) is 6.79. The number of amides is 1. The van der Waals surface area contributed by atoms with Crippen molar-refractivity contribution in [3.8, 4) is 11.5 Å². The van der Waals surface area contributed by atoms with Gasteiger partial charge in [-0.05, 0) is 46.3 Å². The summed E-state index contributed by atoms with van der Waals surface area (Å²) in [6, 6.07) is 15.4. The summed E-state index contributed by atoms with van der Waals surface area (Å²) in [4.78, 5) is 19.2. The SMILES string of the molecule is COc1ccc(Br)c(C(=O)N2CCC(Oc3cccc4cccnc34)CC2)c1. The van der Waals surface area contributed by atoms with Crippen molar-refractivity contribution in [2.45, 2.75) is 18.9 Å². The number of carbonyl (C=O) groups excluding carboxylic acids is 1. The van der Waals surface area contributed by atoms with E-state index in [9.17, 15) is 4.79 Å². The molecule has 1 aliphatic heterocycles. The summed E-state index contributed by atoms with van der Waals surface area (Å²) in [5.41, 5.74) is 1.50. The number of para-hydroxylation sites is 1. The summed E-state index contributed by atoms with van der Waals surface area (Å²) in [7, 11) is 1.60. The van der Waals surface area contributed by atoms with Gasteiger partial charge in [0.15, 0.2) is 0 Å². The van der Waals surface area contributed by atoms with Crippen LogP contribution in [0.5, 0.6) is 11.5 Å². The molecule has 144 valence electrons. The maximum atomic E-state index is 12.9. The molecule has 2 heterocycles. The Morgan fingerprint density at radius 1 is 1.14 bits per heavy atom. The van der Waals surface area contributed by atoms with Crippen molar-refractivity contribution in [1.29, 1.82) is 0 Å². The number of piperidine rings is 1. The molecule has 1 fully saturated rings. The monoisotopic (exact) mass is 440 g/mol. The minimum atomic E-state index is 0.0102. The van der Waals surface area contributed by atoms with Gasteiger partial charge in [-0.25, -0.2) is 0 Å². The van der Waals surface area contributed by atoms with Gasteiger partial charge in [0.2, 0.25) is 0 Å². The molecule has 1 aromatic heterocycles. The number of hydrogen-bond acceptors (Lipinski definition) is 4. The predicted octanol–water partition coefficient (Wildman–Crippen LogP) is 4.69. The van der Waals surface area contributed by atoms with Crippen LogP contribution in [0.25, 0.3) is 10.9 Å². The number of rotatable bonds is 4. The third-order valence-corrected chi connectivity index (χ3v) is 5.71. The fourth-order valence-corrected chi connectivity index (χ4v) is 3.91. The van der Waals surface area contributed by atoms with Crippen molar-refractivity contribution in [1.82, 2.24) is 9.88 Å². The standard InChI is InChI=1S/C22H21BrN2O3/c1-27-17-7-8-19(23)18(14-17)22(26)25-12-9-16(10-13-25)28-20-6-2-4-15-5-3-11-24-21(15)20/h2-8,11,14,16H,9-10,12-13H2,1H3. The topological polar surface area (TPSA) is 51.7 Å². The highest BCUT2D eigenvalue weighted by Gasteiger charge is 2.26. The summed E-state index contributed by atoms with van der Waals surface area (Å²) in [5.74, 6) is 1.49. The number of ether oxygens (including phenoxy) is 2. The van der Waals surface area contributed by atoms with Crippen LogP contribution in [0, 0.1) is 0 Å². The normalized spacial score (nSPS) is 14.9. The van der Waals surface area contributed by atoms with Crippen molar-refractivity contribution in [3.05, 3.63) is 64.8 Å². The second-order valence-corrected chi connectivity index (χ2v) is 7.64. The molecule has 28 heavy (non-hydrogen) atoms. The highest BCUT2D eigenvalue weighted by Crippen LogP contribution is 2.28. The van der Waals surface area contributed by atoms with E-state index in [-0.39, 0.29) is 12.0 Å². The van der Waals surface area contributed by atoms with Gasteiger partial charge in [-0.3, -0.25) is 9.78 Å². The molecule has 0 bridgehead atoms. The summed E-state index contributed by atoms with van der Waals surface area (Å²) in [5, 5.41) is 1.07. The van der Waals surface area contributed by atoms with Crippen LogP contribution >= 0.6 is 15.9 Å². The number of halogens is 1. The van der Waals surface area contributed by atoms with E-state index in [1.165, 1.54) is 0 Å². The Labute approximate surface area is 172 Å². The Kier molecular flexibility index (Phi) is 5.48. The summed E-state index contributed by atoms with van der Waals surface area (Å²) >= 11 is 3.47. The molecule has 2 aromatic carbocycles. The van der Waals surface area contributed by atoms with Crippen LogP contribution in [0.4, 0.5) is 0 Å². The van der Waals surface area contributed by atoms with Crippen LogP contribution in [-0.2, 0) is 0 Å². The molecule has 0 aliphatic carbocycles. The quantitative estimate of drug-likeness (QED) is 0.590. The first-order valence-electron chi connectivity index (χ1n) is 9.29.